The molecule has 36 heavy (non-hydrogen) atoms. The van der Waals surface area contributed by atoms with Crippen LogP contribution in [0.1, 0.15) is 34.7 Å². The van der Waals surface area contributed by atoms with Gasteiger partial charge in [0.25, 0.3) is 5.91 Å². The first-order valence-corrected chi connectivity index (χ1v) is 12.5. The van der Waals surface area contributed by atoms with Gasteiger partial charge in [0.2, 0.25) is 0 Å². The number of aromatic nitrogens is 3. The lowest BCUT2D eigenvalue weighted by Crippen LogP contribution is -2.29. The summed E-state index contributed by atoms with van der Waals surface area (Å²) in [4.78, 5) is 34.4. The highest BCUT2D eigenvalue weighted by Gasteiger charge is 2.33. The monoisotopic (exact) mass is 499 g/mol. The summed E-state index contributed by atoms with van der Waals surface area (Å²) in [6.07, 6.45) is 2.23. The summed E-state index contributed by atoms with van der Waals surface area (Å²) < 4.78 is 6.67. The number of thioether (sulfide) groups is 1. The molecule has 1 amide bonds. The molecule has 0 spiro atoms. The van der Waals surface area contributed by atoms with E-state index in [0.29, 0.717) is 12.1 Å². The van der Waals surface area contributed by atoms with Crippen molar-refractivity contribution in [3.8, 4) is 5.75 Å². The summed E-state index contributed by atoms with van der Waals surface area (Å²) in [6, 6.07) is 19.3. The maximum Gasteiger partial charge on any atom is 0.355 e. The molecular weight excluding hydrogens is 474 g/mol. The topological polar surface area (TPSA) is 89.2 Å². The lowest BCUT2D eigenvalue weighted by molar-refractivity contribution is -0.130. The van der Waals surface area contributed by atoms with E-state index in [1.165, 1.54) is 4.40 Å². The number of pyridine rings is 1. The smallest absolute Gasteiger partial charge is 0.355 e. The summed E-state index contributed by atoms with van der Waals surface area (Å²) in [5.74, 6) is 0.643. The molecule has 2 aromatic heterocycles. The number of methoxy groups -OCH3 is 1. The SMILES string of the molecule is COc1ccc(C2=NN(C(=O)CSc3nc(=O)n4cccc(C)c4n3)[C@@H](c3ccc(C)cc3)C2)cc1. The van der Waals surface area contributed by atoms with Crippen LogP contribution in [0.25, 0.3) is 5.65 Å². The number of hydrazone groups is 1. The van der Waals surface area contributed by atoms with Crippen molar-refractivity contribution in [1.29, 1.82) is 0 Å². The number of fused-ring (bicyclic) bond motifs is 1. The highest BCUT2D eigenvalue weighted by molar-refractivity contribution is 7.99. The van der Waals surface area contributed by atoms with Gasteiger partial charge in [0.05, 0.1) is 24.6 Å². The van der Waals surface area contributed by atoms with Gasteiger partial charge >= 0.3 is 5.69 Å². The molecule has 9 heteroatoms. The third-order valence-corrected chi connectivity index (χ3v) is 6.97. The summed E-state index contributed by atoms with van der Waals surface area (Å²) in [7, 11) is 1.63. The van der Waals surface area contributed by atoms with Gasteiger partial charge < -0.3 is 4.74 Å². The van der Waals surface area contributed by atoms with Gasteiger partial charge in [-0.3, -0.25) is 9.20 Å². The van der Waals surface area contributed by atoms with E-state index in [0.717, 1.165) is 45.5 Å². The Kier molecular flexibility index (Phi) is 6.56. The van der Waals surface area contributed by atoms with Crippen molar-refractivity contribution in [2.24, 2.45) is 5.10 Å². The van der Waals surface area contributed by atoms with Gasteiger partial charge in [-0.05, 0) is 60.9 Å². The van der Waals surface area contributed by atoms with Crippen molar-refractivity contribution in [2.45, 2.75) is 31.5 Å². The van der Waals surface area contributed by atoms with Crippen LogP contribution in [0.2, 0.25) is 0 Å². The molecule has 0 N–H and O–H groups in total. The van der Waals surface area contributed by atoms with Gasteiger partial charge in [-0.2, -0.15) is 10.1 Å². The number of carbonyl (C=O) groups is 1. The highest BCUT2D eigenvalue weighted by atomic mass is 32.2. The van der Waals surface area contributed by atoms with E-state index in [1.54, 1.807) is 24.4 Å². The zero-order chi connectivity index (χ0) is 25.2. The van der Waals surface area contributed by atoms with Crippen molar-refractivity contribution in [2.75, 3.05) is 12.9 Å². The summed E-state index contributed by atoms with van der Waals surface area (Å²) in [6.45, 7) is 3.91. The van der Waals surface area contributed by atoms with E-state index in [4.69, 9.17) is 9.84 Å². The number of rotatable bonds is 6. The van der Waals surface area contributed by atoms with E-state index in [2.05, 4.69) is 9.97 Å². The molecule has 0 saturated heterocycles. The van der Waals surface area contributed by atoms with Crippen LogP contribution in [0.5, 0.6) is 5.75 Å². The molecule has 4 aromatic rings. The normalized spacial score (nSPS) is 15.2. The van der Waals surface area contributed by atoms with Crippen LogP contribution in [0.3, 0.4) is 0 Å². The highest BCUT2D eigenvalue weighted by Crippen LogP contribution is 2.34. The number of amides is 1. The molecule has 182 valence electrons. The third-order valence-electron chi connectivity index (χ3n) is 6.14. The molecule has 3 heterocycles. The molecule has 8 nitrogen and oxygen atoms in total. The first-order valence-electron chi connectivity index (χ1n) is 11.5. The van der Waals surface area contributed by atoms with Crippen molar-refractivity contribution >= 4 is 29.0 Å². The maximum atomic E-state index is 13.4. The van der Waals surface area contributed by atoms with Crippen LogP contribution in [0, 0.1) is 13.8 Å². The number of hydrogen-bond acceptors (Lipinski definition) is 7. The lowest BCUT2D eigenvalue weighted by Gasteiger charge is -2.22. The molecule has 1 aliphatic rings. The fourth-order valence-corrected chi connectivity index (χ4v) is 4.84. The van der Waals surface area contributed by atoms with Crippen LogP contribution in [0.15, 0.2) is 81.9 Å². The Labute approximate surface area is 212 Å². The maximum absolute atomic E-state index is 13.4. The first-order chi connectivity index (χ1) is 17.4. The molecule has 0 aliphatic carbocycles. The van der Waals surface area contributed by atoms with Crippen LogP contribution >= 0.6 is 11.8 Å². The first kappa shape index (κ1) is 23.7. The standard InChI is InChI=1S/C27H25N5O3S/c1-17-6-8-20(9-7-17)23-15-22(19-10-12-21(35-3)13-11-19)30-32(23)24(33)16-36-26-28-25-18(2)5-4-14-31(25)27(34)29-26/h4-14,23H,15-16H2,1-3H3/t23-/m1/s1. The van der Waals surface area contributed by atoms with Crippen molar-refractivity contribution in [3.05, 3.63) is 99.6 Å². The van der Waals surface area contributed by atoms with Crippen LogP contribution in [-0.2, 0) is 4.79 Å². The molecule has 2 aromatic carbocycles. The van der Waals surface area contributed by atoms with E-state index >= 15 is 0 Å². The molecule has 1 aliphatic heterocycles. The molecule has 0 bridgehead atoms. The predicted molar refractivity (Wildman–Crippen MR) is 140 cm³/mol. The van der Waals surface area contributed by atoms with Gasteiger partial charge in [0.1, 0.15) is 11.4 Å². The van der Waals surface area contributed by atoms with E-state index in [1.807, 2.05) is 68.4 Å². The molecule has 1 atom stereocenters. The number of hydrogen-bond donors (Lipinski definition) is 0. The molecular formula is C27H25N5O3S. The summed E-state index contributed by atoms with van der Waals surface area (Å²) >= 11 is 1.14. The minimum absolute atomic E-state index is 0.0588. The number of ether oxygens (including phenoxy) is 1. The predicted octanol–water partition coefficient (Wildman–Crippen LogP) is 4.18. The van der Waals surface area contributed by atoms with Crippen molar-refractivity contribution < 1.29 is 9.53 Å². The Balaban J connectivity index is 1.41. The molecule has 5 rings (SSSR count). The molecule has 0 unspecified atom stereocenters. The molecule has 0 fully saturated rings. The number of nitrogens with zero attached hydrogens (tertiary/aromatic N) is 5. The van der Waals surface area contributed by atoms with Gasteiger partial charge in [0, 0.05) is 12.6 Å². The summed E-state index contributed by atoms with van der Waals surface area (Å²) in [5.41, 5.74) is 4.91. The Morgan fingerprint density at radius 1 is 1.06 bits per heavy atom. The minimum Gasteiger partial charge on any atom is -0.497 e. The van der Waals surface area contributed by atoms with Crippen molar-refractivity contribution in [1.82, 2.24) is 19.4 Å². The minimum atomic E-state index is -0.419. The van der Waals surface area contributed by atoms with Crippen LogP contribution < -0.4 is 10.4 Å². The average Bonchev–Trinajstić information content (AvgIpc) is 3.34. The van der Waals surface area contributed by atoms with E-state index < -0.39 is 5.69 Å². The lowest BCUT2D eigenvalue weighted by atomic mass is 9.97. The van der Waals surface area contributed by atoms with Gasteiger partial charge in [-0.25, -0.2) is 14.8 Å². The Morgan fingerprint density at radius 2 is 1.81 bits per heavy atom. The zero-order valence-electron chi connectivity index (χ0n) is 20.2. The number of carbonyl (C=O) groups excluding carboxylic acids is 1. The quantitative estimate of drug-likeness (QED) is 0.370. The molecule has 0 radical (unpaired) electrons. The molecule has 0 saturated carbocycles. The summed E-state index contributed by atoms with van der Waals surface area (Å²) in [5, 5.41) is 6.55. The number of aryl methyl sites for hydroxylation is 2. The van der Waals surface area contributed by atoms with Crippen LogP contribution in [0.4, 0.5) is 0 Å². The van der Waals surface area contributed by atoms with Gasteiger partial charge in [0.15, 0.2) is 5.16 Å². The van der Waals surface area contributed by atoms with Crippen molar-refractivity contribution in [3.63, 3.8) is 0 Å². The zero-order valence-corrected chi connectivity index (χ0v) is 21.0. The second-order valence-corrected chi connectivity index (χ2v) is 9.55. The Bertz CT molecular complexity index is 1510. The second-order valence-electron chi connectivity index (χ2n) is 8.61. The van der Waals surface area contributed by atoms with E-state index in [-0.39, 0.29) is 22.9 Å². The average molecular weight is 500 g/mol. The van der Waals surface area contributed by atoms with Crippen LogP contribution in [-0.4, -0.2) is 43.9 Å². The second kappa shape index (κ2) is 9.94. The number of benzene rings is 2. The fraction of sp³-hybridized carbons (Fsp3) is 0.222. The third kappa shape index (κ3) is 4.74. The van der Waals surface area contributed by atoms with Gasteiger partial charge in [-0.15, -0.1) is 0 Å². The Hall–Kier alpha value is -3.98. The fourth-order valence-electron chi connectivity index (χ4n) is 4.16. The van der Waals surface area contributed by atoms with E-state index in [9.17, 15) is 9.59 Å². The van der Waals surface area contributed by atoms with Gasteiger partial charge in [-0.1, -0.05) is 47.7 Å². The largest absolute Gasteiger partial charge is 0.497 e. The Morgan fingerprint density at radius 3 is 2.53 bits per heavy atom.